The number of hydrogen-bond donors (Lipinski definition) is 1. The summed E-state index contributed by atoms with van der Waals surface area (Å²) in [6.07, 6.45) is 1.19. The highest BCUT2D eigenvalue weighted by Crippen LogP contribution is 2.35. The van der Waals surface area contributed by atoms with Gasteiger partial charge >= 0.3 is 0 Å². The summed E-state index contributed by atoms with van der Waals surface area (Å²) >= 11 is 0. The molecule has 1 aliphatic heterocycles. The number of hydrogen-bond acceptors (Lipinski definition) is 4. The second-order valence-corrected chi connectivity index (χ2v) is 4.62. The first-order chi connectivity index (χ1) is 7.65. The first-order valence-corrected chi connectivity index (χ1v) is 5.70. The van der Waals surface area contributed by atoms with E-state index in [1.807, 2.05) is 0 Å². The molecular weight excluding hydrogens is 210 g/mol. The molecule has 0 radical (unpaired) electrons. The van der Waals surface area contributed by atoms with E-state index in [0.29, 0.717) is 19.1 Å². The molecule has 1 heterocycles. The Morgan fingerprint density at radius 3 is 2.62 bits per heavy atom. The second kappa shape index (κ2) is 4.69. The number of nitrogens with zero attached hydrogens (tertiary/aromatic N) is 1. The summed E-state index contributed by atoms with van der Waals surface area (Å²) in [5.41, 5.74) is 0. The van der Waals surface area contributed by atoms with E-state index >= 15 is 0 Å². The molecule has 0 aromatic carbocycles. The van der Waals surface area contributed by atoms with E-state index < -0.39 is 6.10 Å². The lowest BCUT2D eigenvalue weighted by atomic mass is 10.1. The molecule has 1 N–H and O–H groups in total. The standard InChI is InChI=1S/C11H19NO4/c1-12(8-5-16-6-9(8)13)11(14)10(15-2)7-3-4-7/h7-10,13H,3-6H2,1-2H3/t8-,9-,10?/m1/s1. The molecule has 0 aromatic heterocycles. The fourth-order valence-electron chi connectivity index (χ4n) is 2.16. The fraction of sp³-hybridized carbons (Fsp3) is 0.909. The summed E-state index contributed by atoms with van der Waals surface area (Å²) < 4.78 is 10.4. The largest absolute Gasteiger partial charge is 0.388 e. The van der Waals surface area contributed by atoms with Crippen molar-refractivity contribution in [2.24, 2.45) is 5.92 Å². The molecule has 1 amide bonds. The van der Waals surface area contributed by atoms with Gasteiger partial charge in [0.15, 0.2) is 0 Å². The molecule has 1 aliphatic carbocycles. The van der Waals surface area contributed by atoms with E-state index in [1.54, 1.807) is 19.1 Å². The minimum atomic E-state index is -0.578. The summed E-state index contributed by atoms with van der Waals surface area (Å²) in [5.74, 6) is 0.318. The van der Waals surface area contributed by atoms with Crippen molar-refractivity contribution in [3.05, 3.63) is 0 Å². The maximum atomic E-state index is 12.1. The number of carbonyl (C=O) groups is 1. The summed E-state index contributed by atoms with van der Waals surface area (Å²) in [5, 5.41) is 9.66. The summed E-state index contributed by atoms with van der Waals surface area (Å²) in [6, 6.07) is -0.233. The van der Waals surface area contributed by atoms with Gasteiger partial charge < -0.3 is 19.5 Å². The van der Waals surface area contributed by atoms with Crippen molar-refractivity contribution in [3.8, 4) is 0 Å². The molecule has 5 nitrogen and oxygen atoms in total. The van der Waals surface area contributed by atoms with Crippen LogP contribution in [0.5, 0.6) is 0 Å². The maximum absolute atomic E-state index is 12.1. The van der Waals surface area contributed by atoms with Crippen LogP contribution in [0.15, 0.2) is 0 Å². The molecule has 0 bridgehead atoms. The summed E-state index contributed by atoms with van der Waals surface area (Å²) in [4.78, 5) is 13.7. The van der Waals surface area contributed by atoms with E-state index in [1.165, 1.54) is 0 Å². The Bertz CT molecular complexity index is 267. The van der Waals surface area contributed by atoms with Gasteiger partial charge in [-0.05, 0) is 18.8 Å². The normalized spacial score (nSPS) is 31.4. The lowest BCUT2D eigenvalue weighted by molar-refractivity contribution is -0.145. The van der Waals surface area contributed by atoms with Gasteiger partial charge in [-0.15, -0.1) is 0 Å². The van der Waals surface area contributed by atoms with Gasteiger partial charge in [0.25, 0.3) is 5.91 Å². The maximum Gasteiger partial charge on any atom is 0.252 e. The molecule has 3 atom stereocenters. The molecule has 0 spiro atoms. The third-order valence-electron chi connectivity index (χ3n) is 3.41. The van der Waals surface area contributed by atoms with E-state index in [2.05, 4.69) is 0 Å². The van der Waals surface area contributed by atoms with Gasteiger partial charge in [-0.2, -0.15) is 0 Å². The van der Waals surface area contributed by atoms with Gasteiger partial charge in [0.1, 0.15) is 6.10 Å². The van der Waals surface area contributed by atoms with Crippen molar-refractivity contribution in [2.45, 2.75) is 31.1 Å². The van der Waals surface area contributed by atoms with Crippen molar-refractivity contribution < 1.29 is 19.4 Å². The lowest BCUT2D eigenvalue weighted by Crippen LogP contribution is -2.49. The second-order valence-electron chi connectivity index (χ2n) is 4.62. The van der Waals surface area contributed by atoms with Crippen LogP contribution in [0.25, 0.3) is 0 Å². The van der Waals surface area contributed by atoms with Gasteiger partial charge in [-0.1, -0.05) is 0 Å². The Kier molecular flexibility index (Phi) is 3.47. The number of methoxy groups -OCH3 is 1. The molecule has 16 heavy (non-hydrogen) atoms. The van der Waals surface area contributed by atoms with Crippen LogP contribution in [-0.2, 0) is 14.3 Å². The van der Waals surface area contributed by atoms with Crippen LogP contribution in [0, 0.1) is 5.92 Å². The average Bonchev–Trinajstić information content (AvgIpc) is 3.01. The first-order valence-electron chi connectivity index (χ1n) is 5.70. The van der Waals surface area contributed by atoms with Gasteiger partial charge in [0.05, 0.1) is 25.4 Å². The number of ether oxygens (including phenoxy) is 2. The van der Waals surface area contributed by atoms with Crippen molar-refractivity contribution >= 4 is 5.91 Å². The SMILES string of the molecule is COC(C(=O)N(C)[C@@H]1COC[C@H]1O)C1CC1. The highest BCUT2D eigenvalue weighted by atomic mass is 16.5. The van der Waals surface area contributed by atoms with E-state index in [0.717, 1.165) is 12.8 Å². The average molecular weight is 229 g/mol. The Labute approximate surface area is 95.3 Å². The summed E-state index contributed by atoms with van der Waals surface area (Å²) in [6.45, 7) is 0.716. The fourth-order valence-corrected chi connectivity index (χ4v) is 2.16. The van der Waals surface area contributed by atoms with Crippen LogP contribution in [0.1, 0.15) is 12.8 Å². The molecule has 1 saturated heterocycles. The molecule has 0 aromatic rings. The minimum Gasteiger partial charge on any atom is -0.388 e. The molecule has 1 saturated carbocycles. The first kappa shape index (κ1) is 11.8. The highest BCUT2D eigenvalue weighted by molar-refractivity contribution is 5.81. The van der Waals surface area contributed by atoms with Crippen LogP contribution in [-0.4, -0.2) is 61.5 Å². The van der Waals surface area contributed by atoms with Crippen LogP contribution in [0.2, 0.25) is 0 Å². The topological polar surface area (TPSA) is 59.0 Å². The predicted octanol–water partition coefficient (Wildman–Crippen LogP) is -0.370. The Balaban J connectivity index is 1.96. The predicted molar refractivity (Wildman–Crippen MR) is 56.9 cm³/mol. The van der Waals surface area contributed by atoms with Gasteiger partial charge in [-0.25, -0.2) is 0 Å². The van der Waals surface area contributed by atoms with Crippen LogP contribution in [0.3, 0.4) is 0 Å². The van der Waals surface area contributed by atoms with Gasteiger partial charge in [-0.3, -0.25) is 4.79 Å². The van der Waals surface area contributed by atoms with Gasteiger partial charge in [0.2, 0.25) is 0 Å². The Hall–Kier alpha value is -0.650. The van der Waals surface area contributed by atoms with Crippen molar-refractivity contribution in [1.29, 1.82) is 0 Å². The Morgan fingerprint density at radius 2 is 2.19 bits per heavy atom. The number of aliphatic hydroxyl groups excluding tert-OH is 1. The molecule has 2 rings (SSSR count). The molecule has 2 aliphatic rings. The highest BCUT2D eigenvalue weighted by Gasteiger charge is 2.41. The van der Waals surface area contributed by atoms with E-state index in [4.69, 9.17) is 9.47 Å². The molecule has 2 fully saturated rings. The lowest BCUT2D eigenvalue weighted by Gasteiger charge is -2.29. The Morgan fingerprint density at radius 1 is 1.50 bits per heavy atom. The van der Waals surface area contributed by atoms with Crippen LogP contribution < -0.4 is 0 Å². The monoisotopic (exact) mass is 229 g/mol. The smallest absolute Gasteiger partial charge is 0.252 e. The van der Waals surface area contributed by atoms with Crippen LogP contribution in [0.4, 0.5) is 0 Å². The van der Waals surface area contributed by atoms with Crippen molar-refractivity contribution in [1.82, 2.24) is 4.90 Å². The third kappa shape index (κ3) is 2.21. The quantitative estimate of drug-likeness (QED) is 0.714. The zero-order valence-corrected chi connectivity index (χ0v) is 9.76. The zero-order valence-electron chi connectivity index (χ0n) is 9.76. The third-order valence-corrected chi connectivity index (χ3v) is 3.41. The van der Waals surface area contributed by atoms with Gasteiger partial charge in [0, 0.05) is 14.2 Å². The number of likely N-dealkylation sites (N-methyl/N-ethyl adjacent to an activating group) is 1. The summed E-state index contributed by atoms with van der Waals surface area (Å²) in [7, 11) is 3.27. The molecular formula is C11H19NO4. The number of rotatable bonds is 4. The zero-order chi connectivity index (χ0) is 11.7. The van der Waals surface area contributed by atoms with Crippen molar-refractivity contribution in [3.63, 3.8) is 0 Å². The number of carbonyl (C=O) groups excluding carboxylic acids is 1. The molecule has 5 heteroatoms. The number of amides is 1. The molecule has 92 valence electrons. The van der Waals surface area contributed by atoms with E-state index in [-0.39, 0.29) is 18.1 Å². The van der Waals surface area contributed by atoms with Crippen molar-refractivity contribution in [2.75, 3.05) is 27.4 Å². The molecule has 1 unspecified atom stereocenters. The van der Waals surface area contributed by atoms with Crippen LogP contribution >= 0.6 is 0 Å². The minimum absolute atomic E-state index is 0.0421. The van der Waals surface area contributed by atoms with E-state index in [9.17, 15) is 9.90 Å². The number of aliphatic hydroxyl groups is 1.